The standard InChI is InChI=1S/C26H55NO2/c1-4-5-6-7-8-9-10-11-12-13-14-15-16-17-18-19-20-21-22-23-24-26(28)25-27(2,3)29/h26,28H,4-25H2,1-3H3. The second-order valence-corrected chi connectivity index (χ2v) is 9.92. The number of nitrogens with zero attached hydrogens (tertiary/aromatic N) is 1. The summed E-state index contributed by atoms with van der Waals surface area (Å²) in [7, 11) is 3.20. The second kappa shape index (κ2) is 21.1. The second-order valence-electron chi connectivity index (χ2n) is 9.92. The Morgan fingerprint density at radius 1 is 0.552 bits per heavy atom. The van der Waals surface area contributed by atoms with E-state index in [-0.39, 0.29) is 4.65 Å². The molecule has 1 N–H and O–H groups in total. The molecule has 0 saturated carbocycles. The molecule has 0 heterocycles. The number of rotatable bonds is 23. The van der Waals surface area contributed by atoms with Crippen molar-refractivity contribution in [2.45, 2.75) is 148 Å². The minimum Gasteiger partial charge on any atom is -0.633 e. The maximum Gasteiger partial charge on any atom is 0.104 e. The first-order chi connectivity index (χ1) is 14.0. The van der Waals surface area contributed by atoms with Crippen molar-refractivity contribution in [2.75, 3.05) is 20.6 Å². The van der Waals surface area contributed by atoms with Crippen molar-refractivity contribution in [1.82, 2.24) is 0 Å². The van der Waals surface area contributed by atoms with E-state index in [4.69, 9.17) is 0 Å². The van der Waals surface area contributed by atoms with Crippen molar-refractivity contribution in [3.05, 3.63) is 5.21 Å². The number of hydrogen-bond donors (Lipinski definition) is 1. The van der Waals surface area contributed by atoms with E-state index in [0.29, 0.717) is 6.54 Å². The van der Waals surface area contributed by atoms with Crippen LogP contribution in [0.15, 0.2) is 0 Å². The van der Waals surface area contributed by atoms with Gasteiger partial charge >= 0.3 is 0 Å². The number of hydroxylamine groups is 3. The van der Waals surface area contributed by atoms with E-state index in [1.54, 1.807) is 14.1 Å². The van der Waals surface area contributed by atoms with Gasteiger partial charge in [0.25, 0.3) is 0 Å². The Kier molecular flexibility index (Phi) is 21.0. The van der Waals surface area contributed by atoms with Gasteiger partial charge in [-0.1, -0.05) is 135 Å². The SMILES string of the molecule is CCCCCCCCCCCCCCCCCCCCCCC(O)C[N+](C)(C)[O-]. The lowest BCUT2D eigenvalue weighted by molar-refractivity contribution is -0.843. The van der Waals surface area contributed by atoms with Gasteiger partial charge < -0.3 is 15.0 Å². The monoisotopic (exact) mass is 413 g/mol. The molecule has 1 atom stereocenters. The first kappa shape index (κ1) is 28.9. The highest BCUT2D eigenvalue weighted by Gasteiger charge is 2.11. The summed E-state index contributed by atoms with van der Waals surface area (Å²) in [6.07, 6.45) is 28.1. The number of unbranched alkanes of at least 4 members (excludes halogenated alkanes) is 19. The summed E-state index contributed by atoms with van der Waals surface area (Å²) in [4.78, 5) is 0. The molecular weight excluding hydrogens is 358 g/mol. The fourth-order valence-electron chi connectivity index (χ4n) is 4.23. The van der Waals surface area contributed by atoms with Crippen molar-refractivity contribution in [2.24, 2.45) is 0 Å². The maximum absolute atomic E-state index is 11.5. The van der Waals surface area contributed by atoms with Gasteiger partial charge in [0.15, 0.2) is 0 Å². The molecule has 0 radical (unpaired) electrons. The van der Waals surface area contributed by atoms with Crippen molar-refractivity contribution in [1.29, 1.82) is 0 Å². The Labute approximate surface area is 183 Å². The molecule has 0 aromatic heterocycles. The van der Waals surface area contributed by atoms with Gasteiger partial charge in [0.2, 0.25) is 0 Å². The number of quaternary nitrogens is 1. The summed E-state index contributed by atoms with van der Waals surface area (Å²) in [6, 6.07) is 0. The molecule has 1 unspecified atom stereocenters. The van der Waals surface area contributed by atoms with E-state index >= 15 is 0 Å². The molecule has 0 amide bonds. The van der Waals surface area contributed by atoms with Crippen LogP contribution in [0.1, 0.15) is 142 Å². The van der Waals surface area contributed by atoms with Gasteiger partial charge in [0, 0.05) is 0 Å². The van der Waals surface area contributed by atoms with Crippen LogP contribution in [0.25, 0.3) is 0 Å². The Morgan fingerprint density at radius 2 is 0.828 bits per heavy atom. The quantitative estimate of drug-likeness (QED) is 0.104. The molecule has 3 heteroatoms. The van der Waals surface area contributed by atoms with Crippen molar-refractivity contribution >= 4 is 0 Å². The average molecular weight is 414 g/mol. The van der Waals surface area contributed by atoms with Crippen LogP contribution in [0.4, 0.5) is 0 Å². The molecule has 176 valence electrons. The molecular formula is C26H55NO2. The number of likely N-dealkylation sites (N-methyl/N-ethyl adjacent to an activating group) is 1. The number of aliphatic hydroxyl groups excluding tert-OH is 1. The first-order valence-electron chi connectivity index (χ1n) is 13.2. The largest absolute Gasteiger partial charge is 0.633 e. The van der Waals surface area contributed by atoms with E-state index in [2.05, 4.69) is 6.92 Å². The molecule has 0 fully saturated rings. The lowest BCUT2D eigenvalue weighted by Crippen LogP contribution is -2.39. The molecule has 29 heavy (non-hydrogen) atoms. The van der Waals surface area contributed by atoms with Crippen LogP contribution < -0.4 is 0 Å². The van der Waals surface area contributed by atoms with Gasteiger partial charge in [-0.3, -0.25) is 0 Å². The molecule has 0 aliphatic carbocycles. The molecule has 3 nitrogen and oxygen atoms in total. The lowest BCUT2D eigenvalue weighted by atomic mass is 10.0. The highest BCUT2D eigenvalue weighted by molar-refractivity contribution is 4.56. The molecule has 0 aliphatic rings. The van der Waals surface area contributed by atoms with Gasteiger partial charge in [-0.25, -0.2) is 0 Å². The summed E-state index contributed by atoms with van der Waals surface area (Å²) in [5.74, 6) is 0. The summed E-state index contributed by atoms with van der Waals surface area (Å²) in [5, 5.41) is 21.3. The minimum absolute atomic E-state index is 0.319. The zero-order valence-electron chi connectivity index (χ0n) is 20.4. The van der Waals surface area contributed by atoms with Crippen LogP contribution in [0.3, 0.4) is 0 Å². The molecule has 0 rings (SSSR count). The molecule has 0 aromatic carbocycles. The normalized spacial score (nSPS) is 13.1. The highest BCUT2D eigenvalue weighted by atomic mass is 16.5. The number of aliphatic hydroxyl groups is 1. The predicted molar refractivity (Wildman–Crippen MR) is 129 cm³/mol. The highest BCUT2D eigenvalue weighted by Crippen LogP contribution is 2.15. The van der Waals surface area contributed by atoms with Crippen LogP contribution in [-0.2, 0) is 0 Å². The van der Waals surface area contributed by atoms with Gasteiger partial charge in [-0.05, 0) is 6.42 Å². The third kappa shape index (κ3) is 25.8. The zero-order chi connectivity index (χ0) is 21.6. The van der Waals surface area contributed by atoms with Crippen molar-refractivity contribution in [3.8, 4) is 0 Å². The van der Waals surface area contributed by atoms with Crippen LogP contribution in [0.5, 0.6) is 0 Å². The van der Waals surface area contributed by atoms with Crippen LogP contribution in [-0.4, -0.2) is 36.5 Å². The predicted octanol–water partition coefficient (Wildman–Crippen LogP) is 8.13. The summed E-state index contributed by atoms with van der Waals surface area (Å²) < 4.78 is -0.389. The van der Waals surface area contributed by atoms with Gasteiger partial charge in [-0.15, -0.1) is 0 Å². The third-order valence-electron chi connectivity index (χ3n) is 6.04. The van der Waals surface area contributed by atoms with E-state index in [0.717, 1.165) is 12.8 Å². The Morgan fingerprint density at radius 3 is 1.10 bits per heavy atom. The van der Waals surface area contributed by atoms with E-state index in [9.17, 15) is 10.3 Å². The Bertz CT molecular complexity index is 314. The van der Waals surface area contributed by atoms with Crippen molar-refractivity contribution < 1.29 is 9.75 Å². The summed E-state index contributed by atoms with van der Waals surface area (Å²) >= 11 is 0. The molecule has 0 spiro atoms. The van der Waals surface area contributed by atoms with Gasteiger partial charge in [0.05, 0.1) is 14.1 Å². The smallest absolute Gasteiger partial charge is 0.104 e. The third-order valence-corrected chi connectivity index (χ3v) is 6.04. The van der Waals surface area contributed by atoms with Gasteiger partial charge in [-0.2, -0.15) is 0 Å². The number of hydrogen-bond acceptors (Lipinski definition) is 2. The fourth-order valence-corrected chi connectivity index (χ4v) is 4.23. The zero-order valence-corrected chi connectivity index (χ0v) is 20.4. The van der Waals surface area contributed by atoms with Crippen LogP contribution in [0.2, 0.25) is 0 Å². The molecule has 0 aromatic rings. The summed E-state index contributed by atoms with van der Waals surface area (Å²) in [6.45, 7) is 2.61. The van der Waals surface area contributed by atoms with E-state index < -0.39 is 6.10 Å². The average Bonchev–Trinajstić information content (AvgIpc) is 2.65. The summed E-state index contributed by atoms with van der Waals surface area (Å²) in [5.41, 5.74) is 0. The van der Waals surface area contributed by atoms with E-state index in [1.807, 2.05) is 0 Å². The topological polar surface area (TPSA) is 43.3 Å². The van der Waals surface area contributed by atoms with Crippen LogP contribution in [0, 0.1) is 5.21 Å². The first-order valence-corrected chi connectivity index (χ1v) is 13.2. The lowest BCUT2D eigenvalue weighted by Gasteiger charge is -2.35. The molecule has 0 saturated heterocycles. The van der Waals surface area contributed by atoms with E-state index in [1.165, 1.54) is 122 Å². The molecule has 0 bridgehead atoms. The minimum atomic E-state index is -0.432. The van der Waals surface area contributed by atoms with Crippen LogP contribution >= 0.6 is 0 Å². The van der Waals surface area contributed by atoms with Gasteiger partial charge in [0.1, 0.15) is 12.6 Å². The Hall–Kier alpha value is -0.120. The Balaban J connectivity index is 3.10. The maximum atomic E-state index is 11.5. The van der Waals surface area contributed by atoms with Crippen molar-refractivity contribution in [3.63, 3.8) is 0 Å². The fraction of sp³-hybridized carbons (Fsp3) is 1.00. The molecule has 0 aliphatic heterocycles.